The van der Waals surface area contributed by atoms with Gasteiger partial charge in [-0.2, -0.15) is 5.26 Å². The smallest absolute Gasteiger partial charge is 0.167 e. The van der Waals surface area contributed by atoms with E-state index in [4.69, 9.17) is 5.26 Å². The lowest BCUT2D eigenvalue weighted by atomic mass is 9.70. The number of carbonyl (C=O) groups is 1. The Morgan fingerprint density at radius 2 is 2.17 bits per heavy atom. The van der Waals surface area contributed by atoms with Crippen molar-refractivity contribution in [3.8, 4) is 6.07 Å². The molecule has 1 aromatic heterocycles. The quantitative estimate of drug-likeness (QED) is 0.827. The lowest BCUT2D eigenvalue weighted by molar-refractivity contribution is -0.124. The van der Waals surface area contributed by atoms with Crippen molar-refractivity contribution in [1.29, 1.82) is 5.26 Å². The van der Waals surface area contributed by atoms with Crippen LogP contribution in [0.3, 0.4) is 0 Å². The van der Waals surface area contributed by atoms with Crippen molar-refractivity contribution in [2.45, 2.75) is 39.0 Å². The number of thioether (sulfide) groups is 1. The fourth-order valence-corrected chi connectivity index (χ4v) is 5.92. The van der Waals surface area contributed by atoms with E-state index in [9.17, 15) is 4.79 Å². The molecule has 3 nitrogen and oxygen atoms in total. The van der Waals surface area contributed by atoms with Crippen LogP contribution in [0.2, 0.25) is 0 Å². The molecule has 1 aromatic rings. The molecule has 0 saturated carbocycles. The lowest BCUT2D eigenvalue weighted by Crippen LogP contribution is -2.38. The fourth-order valence-electron chi connectivity index (χ4n) is 3.63. The third kappa shape index (κ3) is 2.28. The SMILES string of the molecule is CC1(C)CCC2=C(C1=O)C(c1cc(C#N)cs1)C1=C(CCS1)N2. The van der Waals surface area contributed by atoms with Crippen molar-refractivity contribution in [2.75, 3.05) is 5.75 Å². The summed E-state index contributed by atoms with van der Waals surface area (Å²) in [5.74, 6) is 1.37. The summed E-state index contributed by atoms with van der Waals surface area (Å²) in [4.78, 5) is 15.6. The largest absolute Gasteiger partial charge is 0.361 e. The molecule has 0 bridgehead atoms. The number of dihydropyridines is 1. The summed E-state index contributed by atoms with van der Waals surface area (Å²) in [6, 6.07) is 4.18. The minimum Gasteiger partial charge on any atom is -0.361 e. The van der Waals surface area contributed by atoms with E-state index in [-0.39, 0.29) is 17.1 Å². The average molecular weight is 342 g/mol. The van der Waals surface area contributed by atoms with E-state index in [0.717, 1.165) is 41.2 Å². The van der Waals surface area contributed by atoms with Crippen LogP contribution in [-0.2, 0) is 4.79 Å². The molecule has 5 heteroatoms. The number of Topliss-reactive ketones (excluding diaryl/α,β-unsaturated/α-hetero) is 1. The maximum Gasteiger partial charge on any atom is 0.167 e. The van der Waals surface area contributed by atoms with Gasteiger partial charge in [-0.25, -0.2) is 0 Å². The van der Waals surface area contributed by atoms with Gasteiger partial charge in [-0.3, -0.25) is 4.79 Å². The molecule has 1 atom stereocenters. The molecule has 3 aliphatic rings. The van der Waals surface area contributed by atoms with Crippen LogP contribution in [0.4, 0.5) is 0 Å². The Morgan fingerprint density at radius 1 is 1.35 bits per heavy atom. The molecule has 0 fully saturated rings. The number of allylic oxidation sites excluding steroid dienone is 4. The van der Waals surface area contributed by atoms with Crippen molar-refractivity contribution in [1.82, 2.24) is 5.32 Å². The summed E-state index contributed by atoms with van der Waals surface area (Å²) in [6.45, 7) is 4.11. The number of carbonyl (C=O) groups excluding carboxylic acids is 1. The van der Waals surface area contributed by atoms with Gasteiger partial charge in [-0.15, -0.1) is 23.1 Å². The predicted octanol–water partition coefficient (Wildman–Crippen LogP) is 4.30. The lowest BCUT2D eigenvalue weighted by Gasteiger charge is -2.38. The zero-order valence-electron chi connectivity index (χ0n) is 13.2. The Morgan fingerprint density at radius 3 is 2.91 bits per heavy atom. The molecule has 0 saturated heterocycles. The van der Waals surface area contributed by atoms with Crippen LogP contribution < -0.4 is 5.32 Å². The first-order chi connectivity index (χ1) is 11.0. The van der Waals surface area contributed by atoms with Crippen molar-refractivity contribution < 1.29 is 4.79 Å². The van der Waals surface area contributed by atoms with Crippen LogP contribution in [0, 0.1) is 16.7 Å². The van der Waals surface area contributed by atoms with E-state index in [2.05, 4.69) is 25.2 Å². The van der Waals surface area contributed by atoms with E-state index in [0.29, 0.717) is 5.56 Å². The molecule has 1 unspecified atom stereocenters. The van der Waals surface area contributed by atoms with E-state index in [1.54, 1.807) is 11.3 Å². The van der Waals surface area contributed by atoms with Gasteiger partial charge in [0.1, 0.15) is 6.07 Å². The minimum atomic E-state index is -0.296. The topological polar surface area (TPSA) is 52.9 Å². The number of thiophene rings is 1. The Kier molecular flexibility index (Phi) is 3.44. The normalized spacial score (nSPS) is 25.8. The maximum absolute atomic E-state index is 13.1. The fraction of sp³-hybridized carbons (Fsp3) is 0.444. The van der Waals surface area contributed by atoms with Crippen molar-refractivity contribution in [3.63, 3.8) is 0 Å². The van der Waals surface area contributed by atoms with Gasteiger partial charge in [0.05, 0.1) is 11.5 Å². The summed E-state index contributed by atoms with van der Waals surface area (Å²) in [6.07, 6.45) is 2.87. The van der Waals surface area contributed by atoms with Crippen LogP contribution in [0.15, 0.2) is 33.3 Å². The first-order valence-electron chi connectivity index (χ1n) is 7.90. The number of rotatable bonds is 1. The van der Waals surface area contributed by atoms with E-state index in [1.807, 2.05) is 23.2 Å². The molecule has 1 N–H and O–H groups in total. The first-order valence-corrected chi connectivity index (χ1v) is 9.77. The summed E-state index contributed by atoms with van der Waals surface area (Å²) in [5.41, 5.74) is 3.75. The van der Waals surface area contributed by atoms with Gasteiger partial charge < -0.3 is 5.32 Å². The number of hydrogen-bond acceptors (Lipinski definition) is 5. The number of hydrogen-bond donors (Lipinski definition) is 1. The van der Waals surface area contributed by atoms with Crippen LogP contribution in [0.25, 0.3) is 0 Å². The van der Waals surface area contributed by atoms with Gasteiger partial charge in [-0.1, -0.05) is 13.8 Å². The molecule has 118 valence electrons. The monoisotopic (exact) mass is 342 g/mol. The molecule has 1 aliphatic carbocycles. The van der Waals surface area contributed by atoms with Gasteiger partial charge in [-0.05, 0) is 25.3 Å². The third-order valence-electron chi connectivity index (χ3n) is 4.98. The van der Waals surface area contributed by atoms with Crippen LogP contribution in [0.5, 0.6) is 0 Å². The standard InChI is InChI=1S/C18H18N2OS2/c1-18(2)5-3-11-14(17(18)21)15(13-7-10(8-19)9-23-13)16-12(20-11)4-6-22-16/h7,9,15,20H,3-6H2,1-2H3. The third-order valence-corrected chi connectivity index (χ3v) is 7.18. The van der Waals surface area contributed by atoms with Crippen molar-refractivity contribution in [2.24, 2.45) is 5.41 Å². The molecule has 23 heavy (non-hydrogen) atoms. The summed E-state index contributed by atoms with van der Waals surface area (Å²) >= 11 is 3.46. The van der Waals surface area contributed by atoms with Crippen LogP contribution in [-0.4, -0.2) is 11.5 Å². The first kappa shape index (κ1) is 15.0. The second kappa shape index (κ2) is 5.25. The molecule has 4 rings (SSSR count). The van der Waals surface area contributed by atoms with E-state index < -0.39 is 0 Å². The van der Waals surface area contributed by atoms with E-state index in [1.165, 1.54) is 10.6 Å². The van der Waals surface area contributed by atoms with Crippen molar-refractivity contribution >= 4 is 28.9 Å². The number of nitrogens with zero attached hydrogens (tertiary/aromatic N) is 1. The predicted molar refractivity (Wildman–Crippen MR) is 94.1 cm³/mol. The second-order valence-corrected chi connectivity index (χ2v) is 9.03. The van der Waals surface area contributed by atoms with Crippen molar-refractivity contribution in [3.05, 3.63) is 43.8 Å². The maximum atomic E-state index is 13.1. The zero-order valence-corrected chi connectivity index (χ0v) is 14.9. The number of nitrogens with one attached hydrogen (secondary N) is 1. The highest BCUT2D eigenvalue weighted by Crippen LogP contribution is 2.53. The van der Waals surface area contributed by atoms with Gasteiger partial charge >= 0.3 is 0 Å². The van der Waals surface area contributed by atoms with Gasteiger partial charge in [0.2, 0.25) is 0 Å². The highest BCUT2D eigenvalue weighted by atomic mass is 32.2. The van der Waals surface area contributed by atoms with Gasteiger partial charge in [0, 0.05) is 43.3 Å². The molecule has 2 aliphatic heterocycles. The molecular formula is C18H18N2OS2. The van der Waals surface area contributed by atoms with Crippen LogP contribution in [0.1, 0.15) is 49.5 Å². The van der Waals surface area contributed by atoms with Crippen LogP contribution >= 0.6 is 23.1 Å². The highest BCUT2D eigenvalue weighted by molar-refractivity contribution is 8.03. The Labute approximate surface area is 144 Å². The van der Waals surface area contributed by atoms with Gasteiger partial charge in [0.15, 0.2) is 5.78 Å². The molecular weight excluding hydrogens is 324 g/mol. The average Bonchev–Trinajstić information content (AvgIpc) is 3.18. The molecule has 3 heterocycles. The summed E-state index contributed by atoms with van der Waals surface area (Å²) < 4.78 is 0. The number of ketones is 1. The second-order valence-electron chi connectivity index (χ2n) is 6.95. The van der Waals surface area contributed by atoms with Gasteiger partial charge in [0.25, 0.3) is 0 Å². The molecule has 0 spiro atoms. The minimum absolute atomic E-state index is 0.0351. The molecule has 0 radical (unpaired) electrons. The number of nitriles is 1. The molecule has 0 aromatic carbocycles. The Bertz CT molecular complexity index is 807. The summed E-state index contributed by atoms with van der Waals surface area (Å²) in [5, 5.41) is 14.6. The highest BCUT2D eigenvalue weighted by Gasteiger charge is 2.44. The summed E-state index contributed by atoms with van der Waals surface area (Å²) in [7, 11) is 0. The molecule has 0 amide bonds. The Balaban J connectivity index is 1.87. The zero-order chi connectivity index (χ0) is 16.2. The van der Waals surface area contributed by atoms with E-state index >= 15 is 0 Å². The Hall–Kier alpha value is -1.51.